The van der Waals surface area contributed by atoms with Crippen molar-refractivity contribution < 1.29 is 9.53 Å². The highest BCUT2D eigenvalue weighted by Gasteiger charge is 2.29. The lowest BCUT2D eigenvalue weighted by Gasteiger charge is -2.35. The molecule has 0 spiro atoms. The Labute approximate surface area is 110 Å². The van der Waals surface area contributed by atoms with Crippen molar-refractivity contribution in [2.24, 2.45) is 0 Å². The Hall–Kier alpha value is 0.580. The molecule has 8 heteroatoms. The summed E-state index contributed by atoms with van der Waals surface area (Å²) in [5.41, 5.74) is 0. The van der Waals surface area contributed by atoms with Gasteiger partial charge in [-0.15, -0.1) is 0 Å². The lowest BCUT2D eigenvalue weighted by Crippen LogP contribution is -2.44. The predicted octanol–water partition coefficient (Wildman–Crippen LogP) is 2.48. The number of hydrogen-bond acceptors (Lipinski definition) is 5. The number of morpholine rings is 1. The first-order valence-corrected chi connectivity index (χ1v) is 11.2. The molecule has 0 aromatic carbocycles. The zero-order valence-electron chi connectivity index (χ0n) is 9.42. The molecule has 4 nitrogen and oxygen atoms in total. The molecule has 0 aromatic rings. The van der Waals surface area contributed by atoms with E-state index in [0.717, 1.165) is 0 Å². The Bertz CT molecular complexity index is 289. The molecule has 1 aliphatic heterocycles. The van der Waals surface area contributed by atoms with Gasteiger partial charge in [-0.2, -0.15) is 0 Å². The Morgan fingerprint density at radius 2 is 1.94 bits per heavy atom. The molecule has 1 rings (SSSR count). The van der Waals surface area contributed by atoms with Crippen LogP contribution in [0.25, 0.3) is 0 Å². The van der Waals surface area contributed by atoms with Gasteiger partial charge in [0, 0.05) is 20.1 Å². The van der Waals surface area contributed by atoms with Gasteiger partial charge in [0.05, 0.1) is 13.2 Å². The normalized spacial score (nSPS) is 17.3. The number of nitrogens with zero attached hydrogens (tertiary/aromatic N) is 2. The summed E-state index contributed by atoms with van der Waals surface area (Å²) < 4.78 is 4.76. The minimum atomic E-state index is -1.94. The highest BCUT2D eigenvalue weighted by Crippen LogP contribution is 2.69. The summed E-state index contributed by atoms with van der Waals surface area (Å²) in [7, 11) is 3.83. The van der Waals surface area contributed by atoms with E-state index in [1.807, 2.05) is 12.5 Å². The van der Waals surface area contributed by atoms with Crippen molar-refractivity contribution in [3.63, 3.8) is 0 Å². The van der Waals surface area contributed by atoms with Crippen LogP contribution in [-0.2, 0) is 16.5 Å². The first-order valence-electron chi connectivity index (χ1n) is 4.74. The van der Waals surface area contributed by atoms with Crippen LogP contribution in [0.2, 0.25) is 0 Å². The molecule has 0 N–H and O–H groups in total. The number of carbonyl (C=O) groups excluding carboxylic acids is 1. The summed E-state index contributed by atoms with van der Waals surface area (Å²) in [6.07, 6.45) is 3.87. The molecule has 1 fully saturated rings. The molecule has 16 heavy (non-hydrogen) atoms. The molecule has 0 aliphatic carbocycles. The van der Waals surface area contributed by atoms with Gasteiger partial charge in [-0.3, -0.25) is 4.67 Å². The minimum Gasteiger partial charge on any atom is -0.378 e. The van der Waals surface area contributed by atoms with Crippen LogP contribution in [-0.4, -0.2) is 54.4 Å². The zero-order valence-corrected chi connectivity index (χ0v) is 12.8. The summed E-state index contributed by atoms with van der Waals surface area (Å²) in [5.74, 6) is 0. The van der Waals surface area contributed by atoms with Crippen molar-refractivity contribution in [3.05, 3.63) is 7.05 Å². The molecule has 1 heterocycles. The Balaban J connectivity index is 2.68. The lowest BCUT2D eigenvalue weighted by atomic mass is 10.4. The van der Waals surface area contributed by atoms with E-state index >= 15 is 0 Å². The van der Waals surface area contributed by atoms with Gasteiger partial charge in [0.25, 0.3) is 0 Å². The summed E-state index contributed by atoms with van der Waals surface area (Å²) in [6.45, 7) is 2.45. The van der Waals surface area contributed by atoms with Crippen LogP contribution in [0, 0.1) is 7.05 Å². The van der Waals surface area contributed by atoms with Gasteiger partial charge in [0.2, 0.25) is 0 Å². The van der Waals surface area contributed by atoms with Crippen LogP contribution < -0.4 is 0 Å². The number of hydrogen-bond donors (Lipinski definition) is 0. The Morgan fingerprint density at radius 1 is 1.44 bits per heavy atom. The standard InChI is InChI=1S/C8H16N2O2PS3/c1-9(13(14,15-2)16-3)8(11)10-4-6-12-7-5-10/h1,4-7H2,2-3H3. The summed E-state index contributed by atoms with van der Waals surface area (Å²) in [4.78, 5) is 13.9. The molecular weight excluding hydrogens is 283 g/mol. The minimum absolute atomic E-state index is 0.0738. The van der Waals surface area contributed by atoms with Gasteiger partial charge in [-0.05, 0) is 12.5 Å². The number of urea groups is 1. The fourth-order valence-corrected chi connectivity index (χ4v) is 5.77. The summed E-state index contributed by atoms with van der Waals surface area (Å²) >= 11 is 8.59. The van der Waals surface area contributed by atoms with Crippen molar-refractivity contribution in [1.82, 2.24) is 9.57 Å². The van der Waals surface area contributed by atoms with Crippen LogP contribution in [0.4, 0.5) is 4.79 Å². The SMILES string of the molecule is [CH2]N(C(=O)N1CCOCC1)P(=S)(SC)SC. The molecule has 1 radical (unpaired) electrons. The molecule has 2 amide bonds. The highest BCUT2D eigenvalue weighted by molar-refractivity contribution is 8.99. The van der Waals surface area contributed by atoms with Gasteiger partial charge >= 0.3 is 6.03 Å². The number of rotatable bonds is 3. The van der Waals surface area contributed by atoms with Gasteiger partial charge in [-0.25, -0.2) is 4.79 Å². The highest BCUT2D eigenvalue weighted by atomic mass is 33.2. The topological polar surface area (TPSA) is 32.8 Å². The first-order chi connectivity index (χ1) is 7.55. The van der Waals surface area contributed by atoms with Gasteiger partial charge in [-0.1, -0.05) is 34.6 Å². The molecule has 0 unspecified atom stereocenters. The van der Waals surface area contributed by atoms with E-state index in [4.69, 9.17) is 16.5 Å². The fraction of sp³-hybridized carbons (Fsp3) is 0.750. The maximum atomic E-state index is 12.1. The Kier molecular flexibility index (Phi) is 5.94. The summed E-state index contributed by atoms with van der Waals surface area (Å²) in [6, 6.07) is -0.0738. The molecule has 0 saturated carbocycles. The predicted molar refractivity (Wildman–Crippen MR) is 76.3 cm³/mol. The van der Waals surface area contributed by atoms with Crippen molar-refractivity contribution in [3.8, 4) is 0 Å². The van der Waals surface area contributed by atoms with E-state index in [1.54, 1.807) is 27.7 Å². The largest absolute Gasteiger partial charge is 0.378 e. The van der Waals surface area contributed by atoms with E-state index in [1.165, 1.54) is 4.67 Å². The van der Waals surface area contributed by atoms with Gasteiger partial charge in [0.15, 0.2) is 0 Å². The molecule has 1 aliphatic rings. The van der Waals surface area contributed by atoms with E-state index in [0.29, 0.717) is 26.3 Å². The first kappa shape index (κ1) is 14.6. The second-order valence-corrected chi connectivity index (χ2v) is 14.3. The monoisotopic (exact) mass is 299 g/mol. The lowest BCUT2D eigenvalue weighted by molar-refractivity contribution is 0.0506. The van der Waals surface area contributed by atoms with Gasteiger partial charge in [0.1, 0.15) is 4.59 Å². The van der Waals surface area contributed by atoms with Crippen LogP contribution in [0.1, 0.15) is 0 Å². The molecular formula is C8H16N2O2PS3. The molecule has 0 bridgehead atoms. The third-order valence-corrected chi connectivity index (χ3v) is 13.9. The van der Waals surface area contributed by atoms with E-state index in [9.17, 15) is 4.79 Å². The van der Waals surface area contributed by atoms with E-state index in [-0.39, 0.29) is 6.03 Å². The zero-order chi connectivity index (χ0) is 12.2. The van der Waals surface area contributed by atoms with Crippen LogP contribution in [0.3, 0.4) is 0 Å². The third kappa shape index (κ3) is 3.29. The quantitative estimate of drug-likeness (QED) is 0.748. The second kappa shape index (κ2) is 6.50. The second-order valence-electron chi connectivity index (χ2n) is 3.12. The van der Waals surface area contributed by atoms with E-state index < -0.39 is 4.59 Å². The summed E-state index contributed by atoms with van der Waals surface area (Å²) in [5, 5.41) is 0. The van der Waals surface area contributed by atoms with E-state index in [2.05, 4.69) is 7.05 Å². The number of ether oxygens (including phenoxy) is 1. The maximum Gasteiger partial charge on any atom is 0.325 e. The fourth-order valence-electron chi connectivity index (χ4n) is 1.29. The third-order valence-electron chi connectivity index (χ3n) is 2.26. The Morgan fingerprint density at radius 3 is 2.38 bits per heavy atom. The number of amides is 2. The number of carbonyl (C=O) groups is 1. The van der Waals surface area contributed by atoms with Gasteiger partial charge < -0.3 is 9.64 Å². The molecule has 93 valence electrons. The van der Waals surface area contributed by atoms with Crippen molar-refractivity contribution in [2.45, 2.75) is 0 Å². The smallest absolute Gasteiger partial charge is 0.325 e. The van der Waals surface area contributed by atoms with Crippen LogP contribution in [0.15, 0.2) is 0 Å². The molecule has 0 atom stereocenters. The van der Waals surface area contributed by atoms with Crippen LogP contribution in [0.5, 0.6) is 0 Å². The van der Waals surface area contributed by atoms with Crippen LogP contribution >= 0.6 is 27.4 Å². The van der Waals surface area contributed by atoms with Crippen molar-refractivity contribution in [1.29, 1.82) is 0 Å². The average Bonchev–Trinajstić information content (AvgIpc) is 2.37. The maximum absolute atomic E-state index is 12.1. The average molecular weight is 299 g/mol. The van der Waals surface area contributed by atoms with Crippen molar-refractivity contribution in [2.75, 3.05) is 38.8 Å². The molecule has 0 aromatic heterocycles. The van der Waals surface area contributed by atoms with Crippen molar-refractivity contribution >= 4 is 45.2 Å². The molecule has 1 saturated heterocycles.